The maximum Gasteiger partial charge on any atom is 0.419 e. The van der Waals surface area contributed by atoms with Crippen molar-refractivity contribution in [1.82, 2.24) is 19.5 Å². The highest BCUT2D eigenvalue weighted by atomic mass is 16.6. The van der Waals surface area contributed by atoms with E-state index in [4.69, 9.17) is 4.74 Å². The fourth-order valence-corrected chi connectivity index (χ4v) is 4.04. The van der Waals surface area contributed by atoms with E-state index in [2.05, 4.69) is 86.0 Å². The van der Waals surface area contributed by atoms with Crippen molar-refractivity contribution in [2.24, 2.45) is 0 Å². The molecule has 184 valence electrons. The van der Waals surface area contributed by atoms with Crippen molar-refractivity contribution in [2.45, 2.75) is 66.4 Å². The molecule has 2 aromatic heterocycles. The second-order valence-electron chi connectivity index (χ2n) is 9.21. The molecule has 2 unspecified atom stereocenters. The van der Waals surface area contributed by atoms with Gasteiger partial charge in [-0.15, -0.1) is 0 Å². The van der Waals surface area contributed by atoms with Gasteiger partial charge >= 0.3 is 6.09 Å². The number of imidazole rings is 2. The van der Waals surface area contributed by atoms with Gasteiger partial charge in [-0.1, -0.05) is 61.9 Å². The van der Waals surface area contributed by atoms with Crippen molar-refractivity contribution in [3.05, 3.63) is 107 Å². The molecule has 0 amide bonds. The number of aryl methyl sites for hydroxylation is 2. The summed E-state index contributed by atoms with van der Waals surface area (Å²) in [5.74, 6) is 2.09. The molecule has 0 radical (unpaired) electrons. The SMILES string of the molecule is Cc1cccc(C(C)c2ncc[nH]2)c1.Cc1cccc(C(C)c2nccn2C(=O)OC(C)C)c1C. The number of rotatable bonds is 5. The number of carbonyl (C=O) groups excluding carboxylic acids is 1. The molecule has 0 fully saturated rings. The lowest BCUT2D eigenvalue weighted by atomic mass is 9.93. The smallest absolute Gasteiger partial charge is 0.419 e. The minimum Gasteiger partial charge on any atom is -0.446 e. The van der Waals surface area contributed by atoms with Crippen LogP contribution in [0.2, 0.25) is 0 Å². The van der Waals surface area contributed by atoms with Crippen LogP contribution < -0.4 is 0 Å². The third-order valence-electron chi connectivity index (χ3n) is 6.17. The van der Waals surface area contributed by atoms with E-state index >= 15 is 0 Å². The number of carbonyl (C=O) groups is 1. The van der Waals surface area contributed by atoms with E-state index in [0.717, 1.165) is 5.82 Å². The van der Waals surface area contributed by atoms with E-state index in [1.54, 1.807) is 18.6 Å². The molecular weight excluding hydrogens is 436 g/mol. The monoisotopic (exact) mass is 472 g/mol. The minimum absolute atomic E-state index is 0.0274. The lowest BCUT2D eigenvalue weighted by Crippen LogP contribution is -2.21. The van der Waals surface area contributed by atoms with Crippen LogP contribution in [-0.2, 0) is 4.74 Å². The Balaban J connectivity index is 0.000000211. The van der Waals surface area contributed by atoms with E-state index < -0.39 is 0 Å². The number of hydrogen-bond donors (Lipinski definition) is 1. The Morgan fingerprint density at radius 1 is 0.943 bits per heavy atom. The van der Waals surface area contributed by atoms with Gasteiger partial charge in [-0.3, -0.25) is 0 Å². The predicted octanol–water partition coefficient (Wildman–Crippen LogP) is 6.91. The number of ether oxygens (including phenoxy) is 1. The zero-order valence-electron chi connectivity index (χ0n) is 21.7. The molecule has 4 rings (SSSR count). The lowest BCUT2D eigenvalue weighted by Gasteiger charge is -2.17. The molecule has 1 N–H and O–H groups in total. The Labute approximate surface area is 208 Å². The number of aromatic nitrogens is 4. The van der Waals surface area contributed by atoms with Crippen LogP contribution >= 0.6 is 0 Å². The van der Waals surface area contributed by atoms with Crippen molar-refractivity contribution in [3.8, 4) is 0 Å². The Kier molecular flexibility index (Phi) is 8.63. The Morgan fingerprint density at radius 3 is 2.34 bits per heavy atom. The van der Waals surface area contributed by atoms with Gasteiger partial charge in [0.2, 0.25) is 0 Å². The standard InChI is InChI=1S/C17H22N2O2.C12H14N2/c1-11(2)21-17(20)19-10-9-18-16(19)14(5)15-8-6-7-12(3)13(15)4;1-9-4-3-5-11(8-9)10(2)12-13-6-7-14-12/h6-11,14H,1-5H3;3-8,10H,1-2H3,(H,13,14). The Bertz CT molecular complexity index is 1240. The first kappa shape index (κ1) is 25.9. The van der Waals surface area contributed by atoms with Crippen LogP contribution in [0, 0.1) is 20.8 Å². The Hall–Kier alpha value is -3.67. The summed E-state index contributed by atoms with van der Waals surface area (Å²) in [4.78, 5) is 23.9. The van der Waals surface area contributed by atoms with Gasteiger partial charge in [-0.05, 0) is 56.9 Å². The molecule has 2 aromatic carbocycles. The molecular formula is C29H36N4O2. The highest BCUT2D eigenvalue weighted by molar-refractivity contribution is 5.71. The highest BCUT2D eigenvalue weighted by Gasteiger charge is 2.21. The molecule has 0 bridgehead atoms. The minimum atomic E-state index is -0.380. The van der Waals surface area contributed by atoms with Crippen molar-refractivity contribution in [3.63, 3.8) is 0 Å². The summed E-state index contributed by atoms with van der Waals surface area (Å²) < 4.78 is 6.75. The summed E-state index contributed by atoms with van der Waals surface area (Å²) >= 11 is 0. The number of nitrogens with one attached hydrogen (secondary N) is 1. The molecule has 0 spiro atoms. The fourth-order valence-electron chi connectivity index (χ4n) is 4.04. The third kappa shape index (κ3) is 6.47. The average Bonchev–Trinajstić information content (AvgIpc) is 3.52. The summed E-state index contributed by atoms with van der Waals surface area (Å²) in [6.45, 7) is 14.2. The molecule has 0 aliphatic carbocycles. The number of aromatic amines is 1. The molecule has 6 heteroatoms. The van der Waals surface area contributed by atoms with Gasteiger partial charge in [0.25, 0.3) is 0 Å². The van der Waals surface area contributed by atoms with Gasteiger partial charge in [0.05, 0.1) is 6.10 Å². The second-order valence-corrected chi connectivity index (χ2v) is 9.21. The molecule has 2 heterocycles. The van der Waals surface area contributed by atoms with Crippen LogP contribution in [-0.4, -0.2) is 31.7 Å². The molecule has 35 heavy (non-hydrogen) atoms. The van der Waals surface area contributed by atoms with Gasteiger partial charge in [0.1, 0.15) is 11.6 Å². The fraction of sp³-hybridized carbons (Fsp3) is 0.345. The molecule has 0 aliphatic heterocycles. The van der Waals surface area contributed by atoms with E-state index in [0.29, 0.717) is 11.7 Å². The van der Waals surface area contributed by atoms with Crippen molar-refractivity contribution in [1.29, 1.82) is 0 Å². The largest absolute Gasteiger partial charge is 0.446 e. The molecule has 4 aromatic rings. The third-order valence-corrected chi connectivity index (χ3v) is 6.17. The van der Waals surface area contributed by atoms with E-state index in [1.807, 2.05) is 26.1 Å². The maximum atomic E-state index is 12.1. The first-order chi connectivity index (χ1) is 16.7. The van der Waals surface area contributed by atoms with Crippen LogP contribution in [0.3, 0.4) is 0 Å². The van der Waals surface area contributed by atoms with E-state index in [1.165, 1.54) is 32.4 Å². The van der Waals surface area contributed by atoms with Crippen LogP contribution in [0.1, 0.15) is 79.0 Å². The summed E-state index contributed by atoms with van der Waals surface area (Å²) in [7, 11) is 0. The average molecular weight is 473 g/mol. The topological polar surface area (TPSA) is 72.8 Å². The first-order valence-corrected chi connectivity index (χ1v) is 12.0. The van der Waals surface area contributed by atoms with Crippen molar-refractivity contribution < 1.29 is 9.53 Å². The normalized spacial score (nSPS) is 12.6. The maximum absolute atomic E-state index is 12.1. The Morgan fingerprint density at radius 2 is 1.69 bits per heavy atom. The number of hydrogen-bond acceptors (Lipinski definition) is 4. The molecule has 0 aliphatic rings. The first-order valence-electron chi connectivity index (χ1n) is 12.0. The quantitative estimate of drug-likeness (QED) is 0.342. The van der Waals surface area contributed by atoms with Gasteiger partial charge in [-0.2, -0.15) is 0 Å². The molecule has 2 atom stereocenters. The van der Waals surface area contributed by atoms with E-state index in [-0.39, 0.29) is 18.1 Å². The van der Waals surface area contributed by atoms with Gasteiger partial charge in [-0.25, -0.2) is 19.3 Å². The predicted molar refractivity (Wildman–Crippen MR) is 140 cm³/mol. The van der Waals surface area contributed by atoms with Gasteiger partial charge in [0, 0.05) is 36.6 Å². The van der Waals surface area contributed by atoms with Crippen LogP contribution in [0.4, 0.5) is 4.79 Å². The zero-order chi connectivity index (χ0) is 25.5. The van der Waals surface area contributed by atoms with Gasteiger partial charge in [0.15, 0.2) is 0 Å². The summed E-state index contributed by atoms with van der Waals surface area (Å²) in [5.41, 5.74) is 6.25. The van der Waals surface area contributed by atoms with E-state index in [9.17, 15) is 4.79 Å². The van der Waals surface area contributed by atoms with Crippen LogP contribution in [0.15, 0.2) is 67.3 Å². The van der Waals surface area contributed by atoms with Crippen molar-refractivity contribution in [2.75, 3.05) is 0 Å². The molecule has 0 saturated carbocycles. The molecule has 0 saturated heterocycles. The molecule has 6 nitrogen and oxygen atoms in total. The summed E-state index contributed by atoms with van der Waals surface area (Å²) in [5, 5.41) is 0. The van der Waals surface area contributed by atoms with Crippen LogP contribution in [0.25, 0.3) is 0 Å². The zero-order valence-corrected chi connectivity index (χ0v) is 21.7. The number of benzene rings is 2. The van der Waals surface area contributed by atoms with Crippen molar-refractivity contribution >= 4 is 6.09 Å². The highest BCUT2D eigenvalue weighted by Crippen LogP contribution is 2.27. The lowest BCUT2D eigenvalue weighted by molar-refractivity contribution is 0.116. The number of H-pyrrole nitrogens is 1. The van der Waals surface area contributed by atoms with Crippen LogP contribution in [0.5, 0.6) is 0 Å². The summed E-state index contributed by atoms with van der Waals surface area (Å²) in [6.07, 6.45) is 6.42. The second kappa shape index (κ2) is 11.6. The van der Waals surface area contributed by atoms with Gasteiger partial charge < -0.3 is 9.72 Å². The summed E-state index contributed by atoms with van der Waals surface area (Å²) in [6, 6.07) is 14.7. The number of nitrogens with zero attached hydrogens (tertiary/aromatic N) is 3.